The highest BCUT2D eigenvalue weighted by Gasteiger charge is 2.12. The lowest BCUT2D eigenvalue weighted by Gasteiger charge is -2.10. The molecule has 1 amide bonds. The van der Waals surface area contributed by atoms with Gasteiger partial charge in [-0.3, -0.25) is 4.79 Å². The molecule has 0 aliphatic rings. The monoisotopic (exact) mass is 452 g/mol. The highest BCUT2D eigenvalue weighted by molar-refractivity contribution is 8.00. The molecule has 0 spiro atoms. The van der Waals surface area contributed by atoms with Gasteiger partial charge in [-0.2, -0.15) is 0 Å². The number of halogens is 2. The second-order valence-electron chi connectivity index (χ2n) is 6.06. The quantitative estimate of drug-likeness (QED) is 0.430. The van der Waals surface area contributed by atoms with Gasteiger partial charge in [0.15, 0.2) is 0 Å². The number of benzene rings is 2. The number of hydrogen-bond acceptors (Lipinski definition) is 5. The molecule has 146 valence electrons. The molecular weight excluding hydrogens is 435 g/mol. The van der Waals surface area contributed by atoms with Crippen LogP contribution in [0.2, 0.25) is 10.0 Å². The number of anilines is 1. The molecule has 2 aromatic carbocycles. The molecule has 0 saturated carbocycles. The molecule has 0 saturated heterocycles. The average Bonchev–Trinajstić information content (AvgIpc) is 3.09. The van der Waals surface area contributed by atoms with Gasteiger partial charge in [0.25, 0.3) is 0 Å². The molecule has 3 rings (SSSR count). The van der Waals surface area contributed by atoms with E-state index in [9.17, 15) is 4.79 Å². The fraction of sp³-hybridized carbons (Fsp3) is 0.200. The number of nitrogens with one attached hydrogen (secondary N) is 1. The van der Waals surface area contributed by atoms with Crippen LogP contribution in [0.15, 0.2) is 46.1 Å². The van der Waals surface area contributed by atoms with Gasteiger partial charge in [-0.25, -0.2) is 4.98 Å². The maximum Gasteiger partial charge on any atom is 0.230 e. The van der Waals surface area contributed by atoms with Crippen LogP contribution in [-0.4, -0.2) is 18.0 Å². The molecule has 1 N–H and O–H groups in total. The number of ether oxygens (including phenoxy) is 1. The van der Waals surface area contributed by atoms with Gasteiger partial charge in [-0.1, -0.05) is 47.1 Å². The lowest BCUT2D eigenvalue weighted by Crippen LogP contribution is -2.15. The van der Waals surface area contributed by atoms with Gasteiger partial charge >= 0.3 is 0 Å². The first kappa shape index (κ1) is 21.0. The van der Waals surface area contributed by atoms with E-state index in [1.54, 1.807) is 24.9 Å². The van der Waals surface area contributed by atoms with E-state index in [2.05, 4.69) is 10.3 Å². The molecule has 3 aromatic rings. The summed E-state index contributed by atoms with van der Waals surface area (Å²) in [6, 6.07) is 11.1. The second-order valence-corrected chi connectivity index (χ2v) is 8.98. The number of aromatic nitrogens is 1. The Labute approximate surface area is 182 Å². The van der Waals surface area contributed by atoms with E-state index in [1.807, 2.05) is 42.6 Å². The summed E-state index contributed by atoms with van der Waals surface area (Å²) in [7, 11) is 1.58. The van der Waals surface area contributed by atoms with Gasteiger partial charge in [-0.05, 0) is 42.3 Å². The van der Waals surface area contributed by atoms with Crippen molar-refractivity contribution in [1.82, 2.24) is 4.98 Å². The maximum absolute atomic E-state index is 12.4. The normalized spacial score (nSPS) is 10.7. The zero-order chi connectivity index (χ0) is 20.1. The second kappa shape index (κ2) is 9.65. The van der Waals surface area contributed by atoms with Crippen molar-refractivity contribution >= 4 is 57.9 Å². The summed E-state index contributed by atoms with van der Waals surface area (Å²) >= 11 is 15.2. The van der Waals surface area contributed by atoms with E-state index in [1.165, 1.54) is 11.3 Å². The van der Waals surface area contributed by atoms with Crippen LogP contribution in [0.25, 0.3) is 0 Å². The van der Waals surface area contributed by atoms with Gasteiger partial charge in [0.05, 0.1) is 24.9 Å². The van der Waals surface area contributed by atoms with E-state index < -0.39 is 0 Å². The molecule has 1 aromatic heterocycles. The van der Waals surface area contributed by atoms with E-state index in [4.69, 9.17) is 27.9 Å². The van der Waals surface area contributed by atoms with Crippen LogP contribution >= 0.6 is 46.3 Å². The minimum absolute atomic E-state index is 0.134. The van der Waals surface area contributed by atoms with Crippen LogP contribution in [0.5, 0.6) is 5.75 Å². The van der Waals surface area contributed by atoms with Crippen molar-refractivity contribution in [1.29, 1.82) is 0 Å². The van der Waals surface area contributed by atoms with Crippen molar-refractivity contribution in [2.75, 3.05) is 12.4 Å². The molecule has 0 aliphatic carbocycles. The summed E-state index contributed by atoms with van der Waals surface area (Å²) in [6.45, 7) is 1.97. The SMILES string of the molecule is COc1cc(C)ccc1NC(=O)Cc1csc(SCc2ccc(Cl)cc2Cl)n1. The highest BCUT2D eigenvalue weighted by atomic mass is 35.5. The van der Waals surface area contributed by atoms with Crippen molar-refractivity contribution < 1.29 is 9.53 Å². The van der Waals surface area contributed by atoms with Crippen LogP contribution in [0.3, 0.4) is 0 Å². The number of hydrogen-bond donors (Lipinski definition) is 1. The summed E-state index contributed by atoms with van der Waals surface area (Å²) < 4.78 is 6.21. The number of nitrogens with zero attached hydrogens (tertiary/aromatic N) is 1. The van der Waals surface area contributed by atoms with Gasteiger partial charge in [0.1, 0.15) is 10.1 Å². The lowest BCUT2D eigenvalue weighted by molar-refractivity contribution is -0.115. The Morgan fingerprint density at radius 3 is 2.82 bits per heavy atom. The van der Waals surface area contributed by atoms with Crippen molar-refractivity contribution in [2.24, 2.45) is 0 Å². The zero-order valence-corrected chi connectivity index (χ0v) is 18.4. The van der Waals surface area contributed by atoms with Crippen molar-refractivity contribution in [3.8, 4) is 5.75 Å². The summed E-state index contributed by atoms with van der Waals surface area (Å²) in [5.41, 5.74) is 3.45. The first-order chi connectivity index (χ1) is 13.4. The number of thiazole rings is 1. The number of rotatable bonds is 7. The van der Waals surface area contributed by atoms with E-state index >= 15 is 0 Å². The molecule has 8 heteroatoms. The lowest BCUT2D eigenvalue weighted by atomic mass is 10.2. The highest BCUT2D eigenvalue weighted by Crippen LogP contribution is 2.31. The van der Waals surface area contributed by atoms with Crippen molar-refractivity contribution in [3.63, 3.8) is 0 Å². The predicted molar refractivity (Wildman–Crippen MR) is 118 cm³/mol. The fourth-order valence-electron chi connectivity index (χ4n) is 2.47. The van der Waals surface area contributed by atoms with E-state index in [0.717, 1.165) is 21.2 Å². The topological polar surface area (TPSA) is 51.2 Å². The number of aryl methyl sites for hydroxylation is 1. The summed E-state index contributed by atoms with van der Waals surface area (Å²) in [6.07, 6.45) is 0.204. The zero-order valence-electron chi connectivity index (χ0n) is 15.3. The Balaban J connectivity index is 1.57. The Kier molecular flexibility index (Phi) is 7.24. The number of amides is 1. The predicted octanol–water partition coefficient (Wildman–Crippen LogP) is 6.24. The molecular formula is C20H18Cl2N2O2S2. The fourth-order valence-corrected chi connectivity index (χ4v) is 4.88. The first-order valence-corrected chi connectivity index (χ1v) is 11.0. The van der Waals surface area contributed by atoms with Crippen LogP contribution in [-0.2, 0) is 17.0 Å². The molecule has 1 heterocycles. The van der Waals surface area contributed by atoms with E-state index in [0.29, 0.717) is 27.2 Å². The number of methoxy groups -OCH3 is 1. The average molecular weight is 453 g/mol. The molecule has 0 aliphatic heterocycles. The van der Waals surface area contributed by atoms with Crippen molar-refractivity contribution in [2.45, 2.75) is 23.4 Å². The molecule has 0 bridgehead atoms. The Morgan fingerprint density at radius 2 is 2.07 bits per heavy atom. The Bertz CT molecular complexity index is 992. The number of thioether (sulfide) groups is 1. The summed E-state index contributed by atoms with van der Waals surface area (Å²) in [4.78, 5) is 16.9. The third kappa shape index (κ3) is 5.64. The van der Waals surface area contributed by atoms with Crippen LogP contribution in [0.1, 0.15) is 16.8 Å². The van der Waals surface area contributed by atoms with Gasteiger partial charge in [0.2, 0.25) is 5.91 Å². The van der Waals surface area contributed by atoms with Gasteiger partial charge in [0, 0.05) is 21.2 Å². The number of carbonyl (C=O) groups excluding carboxylic acids is 1. The number of carbonyl (C=O) groups is 1. The summed E-state index contributed by atoms with van der Waals surface area (Å²) in [5.74, 6) is 1.20. The van der Waals surface area contributed by atoms with Crippen molar-refractivity contribution in [3.05, 3.63) is 68.6 Å². The largest absolute Gasteiger partial charge is 0.495 e. The molecule has 28 heavy (non-hydrogen) atoms. The molecule has 4 nitrogen and oxygen atoms in total. The molecule has 0 unspecified atom stereocenters. The maximum atomic E-state index is 12.4. The van der Waals surface area contributed by atoms with Gasteiger partial charge in [-0.15, -0.1) is 11.3 Å². The summed E-state index contributed by atoms with van der Waals surface area (Å²) in [5, 5.41) is 6.04. The molecule has 0 radical (unpaired) electrons. The smallest absolute Gasteiger partial charge is 0.230 e. The minimum Gasteiger partial charge on any atom is -0.495 e. The van der Waals surface area contributed by atoms with Gasteiger partial charge < -0.3 is 10.1 Å². The molecule has 0 atom stereocenters. The van der Waals surface area contributed by atoms with Crippen LogP contribution < -0.4 is 10.1 Å². The standard InChI is InChI=1S/C20H18Cl2N2O2S2/c1-12-3-6-17(18(7-12)26-2)24-19(25)9-15-11-28-20(23-15)27-10-13-4-5-14(21)8-16(13)22/h3-8,11H,9-10H2,1-2H3,(H,24,25). The molecule has 0 fully saturated rings. The third-order valence-electron chi connectivity index (χ3n) is 3.87. The third-order valence-corrected chi connectivity index (χ3v) is 6.58. The minimum atomic E-state index is -0.134. The Morgan fingerprint density at radius 1 is 1.25 bits per heavy atom. The van der Waals surface area contributed by atoms with E-state index in [-0.39, 0.29) is 12.3 Å². The first-order valence-electron chi connectivity index (χ1n) is 8.40. The van der Waals surface area contributed by atoms with Crippen LogP contribution in [0.4, 0.5) is 5.69 Å². The van der Waals surface area contributed by atoms with Crippen LogP contribution in [0, 0.1) is 6.92 Å². The Hall–Kier alpha value is -1.73.